The smallest absolute Gasteiger partial charge is 0.220 e. The lowest BCUT2D eigenvalue weighted by molar-refractivity contribution is -0.121. The van der Waals surface area contributed by atoms with Crippen LogP contribution < -0.4 is 11.1 Å². The lowest BCUT2D eigenvalue weighted by Crippen LogP contribution is -2.40. The van der Waals surface area contributed by atoms with Crippen LogP contribution in [0.5, 0.6) is 0 Å². The summed E-state index contributed by atoms with van der Waals surface area (Å²) in [5.41, 5.74) is 5.86. The van der Waals surface area contributed by atoms with Gasteiger partial charge in [0.1, 0.15) is 0 Å². The third-order valence-electron chi connectivity index (χ3n) is 3.15. The highest BCUT2D eigenvalue weighted by Crippen LogP contribution is 2.06. The van der Waals surface area contributed by atoms with Crippen molar-refractivity contribution in [2.75, 3.05) is 6.54 Å². The summed E-state index contributed by atoms with van der Waals surface area (Å²) in [6, 6.07) is 0.0727. The van der Waals surface area contributed by atoms with Crippen molar-refractivity contribution in [2.45, 2.75) is 71.8 Å². The van der Waals surface area contributed by atoms with Gasteiger partial charge in [-0.2, -0.15) is 0 Å². The van der Waals surface area contributed by atoms with E-state index in [4.69, 9.17) is 5.73 Å². The van der Waals surface area contributed by atoms with Crippen molar-refractivity contribution in [2.24, 2.45) is 11.7 Å². The standard InChI is InChI=1S/C14H30N2O/c1-4-5-6-7-8-9-10-14(17)16-11-13(15)12(2)3/h12-13H,4-11,15H2,1-3H3,(H,16,17). The molecule has 0 aromatic heterocycles. The Bertz CT molecular complexity index is 193. The van der Waals surface area contributed by atoms with Crippen LogP contribution in [0.25, 0.3) is 0 Å². The minimum Gasteiger partial charge on any atom is -0.355 e. The van der Waals surface area contributed by atoms with E-state index in [2.05, 4.69) is 26.1 Å². The Labute approximate surface area is 107 Å². The van der Waals surface area contributed by atoms with Crippen LogP contribution in [-0.4, -0.2) is 18.5 Å². The molecule has 0 bridgehead atoms. The zero-order valence-corrected chi connectivity index (χ0v) is 11.8. The second-order valence-electron chi connectivity index (χ2n) is 5.23. The SMILES string of the molecule is CCCCCCCCC(=O)NCC(N)C(C)C. The molecule has 3 heteroatoms. The van der Waals surface area contributed by atoms with Crippen molar-refractivity contribution in [1.29, 1.82) is 0 Å². The van der Waals surface area contributed by atoms with Crippen molar-refractivity contribution < 1.29 is 4.79 Å². The van der Waals surface area contributed by atoms with Gasteiger partial charge in [-0.05, 0) is 12.3 Å². The summed E-state index contributed by atoms with van der Waals surface area (Å²) in [4.78, 5) is 11.5. The molecule has 1 atom stereocenters. The van der Waals surface area contributed by atoms with E-state index < -0.39 is 0 Å². The number of nitrogens with one attached hydrogen (secondary N) is 1. The fraction of sp³-hybridized carbons (Fsp3) is 0.929. The summed E-state index contributed by atoms with van der Waals surface area (Å²) in [7, 11) is 0. The minimum atomic E-state index is 0.0727. The van der Waals surface area contributed by atoms with Crippen molar-refractivity contribution in [3.63, 3.8) is 0 Å². The zero-order chi connectivity index (χ0) is 13.1. The predicted molar refractivity (Wildman–Crippen MR) is 73.8 cm³/mol. The molecule has 0 aliphatic heterocycles. The highest BCUT2D eigenvalue weighted by atomic mass is 16.1. The largest absolute Gasteiger partial charge is 0.355 e. The molecule has 0 saturated heterocycles. The van der Waals surface area contributed by atoms with Gasteiger partial charge in [0.25, 0.3) is 0 Å². The molecule has 1 amide bonds. The van der Waals surface area contributed by atoms with E-state index in [0.717, 1.165) is 6.42 Å². The molecule has 102 valence electrons. The molecule has 0 aliphatic rings. The normalized spacial score (nSPS) is 12.8. The first-order valence-electron chi connectivity index (χ1n) is 7.10. The summed E-state index contributed by atoms with van der Waals surface area (Å²) in [5, 5.41) is 2.90. The predicted octanol–water partition coefficient (Wildman–Crippen LogP) is 2.84. The molecule has 0 radical (unpaired) electrons. The third kappa shape index (κ3) is 10.3. The molecule has 0 aromatic carbocycles. The molecular formula is C14H30N2O. The van der Waals surface area contributed by atoms with Gasteiger partial charge in [0.05, 0.1) is 0 Å². The Morgan fingerprint density at radius 3 is 2.29 bits per heavy atom. The Kier molecular flexibility index (Phi) is 10.2. The van der Waals surface area contributed by atoms with Crippen LogP contribution in [0.1, 0.15) is 65.7 Å². The molecular weight excluding hydrogens is 212 g/mol. The van der Waals surface area contributed by atoms with E-state index in [1.54, 1.807) is 0 Å². The number of unbranched alkanes of at least 4 members (excludes halogenated alkanes) is 5. The van der Waals surface area contributed by atoms with Crippen LogP contribution in [0.15, 0.2) is 0 Å². The Morgan fingerprint density at radius 2 is 1.71 bits per heavy atom. The van der Waals surface area contributed by atoms with Crippen LogP contribution in [0.4, 0.5) is 0 Å². The highest BCUT2D eigenvalue weighted by molar-refractivity contribution is 5.75. The Morgan fingerprint density at radius 1 is 1.12 bits per heavy atom. The number of rotatable bonds is 10. The Hall–Kier alpha value is -0.570. The number of carbonyl (C=O) groups is 1. The van der Waals surface area contributed by atoms with Crippen molar-refractivity contribution >= 4 is 5.91 Å². The molecule has 0 aromatic rings. The quantitative estimate of drug-likeness (QED) is 0.579. The average Bonchev–Trinajstić information content (AvgIpc) is 2.30. The van der Waals surface area contributed by atoms with Crippen LogP contribution in [0.3, 0.4) is 0 Å². The molecule has 17 heavy (non-hydrogen) atoms. The summed E-state index contributed by atoms with van der Waals surface area (Å²) in [6.07, 6.45) is 7.97. The zero-order valence-electron chi connectivity index (χ0n) is 11.8. The van der Waals surface area contributed by atoms with Gasteiger partial charge >= 0.3 is 0 Å². The molecule has 3 nitrogen and oxygen atoms in total. The summed E-state index contributed by atoms with van der Waals surface area (Å²) in [5.74, 6) is 0.570. The highest BCUT2D eigenvalue weighted by Gasteiger charge is 2.08. The lowest BCUT2D eigenvalue weighted by atomic mass is 10.1. The Balaban J connectivity index is 3.35. The van der Waals surface area contributed by atoms with Gasteiger partial charge in [-0.1, -0.05) is 52.9 Å². The van der Waals surface area contributed by atoms with E-state index in [0.29, 0.717) is 18.9 Å². The third-order valence-corrected chi connectivity index (χ3v) is 3.15. The van der Waals surface area contributed by atoms with Crippen LogP contribution in [-0.2, 0) is 4.79 Å². The number of nitrogens with two attached hydrogens (primary N) is 1. The van der Waals surface area contributed by atoms with Crippen LogP contribution in [0, 0.1) is 5.92 Å². The monoisotopic (exact) mass is 242 g/mol. The van der Waals surface area contributed by atoms with Crippen molar-refractivity contribution in [3.05, 3.63) is 0 Å². The second kappa shape index (κ2) is 10.6. The fourth-order valence-corrected chi connectivity index (χ4v) is 1.62. The van der Waals surface area contributed by atoms with Crippen molar-refractivity contribution in [3.8, 4) is 0 Å². The molecule has 0 spiro atoms. The topological polar surface area (TPSA) is 55.1 Å². The van der Waals surface area contributed by atoms with Gasteiger partial charge in [-0.15, -0.1) is 0 Å². The van der Waals surface area contributed by atoms with E-state index in [-0.39, 0.29) is 11.9 Å². The van der Waals surface area contributed by atoms with Gasteiger partial charge < -0.3 is 11.1 Å². The maximum atomic E-state index is 11.5. The van der Waals surface area contributed by atoms with Crippen LogP contribution in [0.2, 0.25) is 0 Å². The molecule has 1 unspecified atom stereocenters. The first-order chi connectivity index (χ1) is 8.07. The molecule has 0 saturated carbocycles. The molecule has 0 fully saturated rings. The summed E-state index contributed by atoms with van der Waals surface area (Å²) >= 11 is 0. The van der Waals surface area contributed by atoms with Gasteiger partial charge in [-0.25, -0.2) is 0 Å². The van der Waals surface area contributed by atoms with E-state index in [1.807, 2.05) is 0 Å². The molecule has 0 rings (SSSR count). The summed E-state index contributed by atoms with van der Waals surface area (Å²) < 4.78 is 0. The number of carbonyl (C=O) groups excluding carboxylic acids is 1. The van der Waals surface area contributed by atoms with Crippen LogP contribution >= 0.6 is 0 Å². The van der Waals surface area contributed by atoms with Gasteiger partial charge in [0.2, 0.25) is 5.91 Å². The maximum absolute atomic E-state index is 11.5. The van der Waals surface area contributed by atoms with Gasteiger partial charge in [0.15, 0.2) is 0 Å². The fourth-order valence-electron chi connectivity index (χ4n) is 1.62. The number of amides is 1. The van der Waals surface area contributed by atoms with Gasteiger partial charge in [-0.3, -0.25) is 4.79 Å². The van der Waals surface area contributed by atoms with E-state index in [9.17, 15) is 4.79 Å². The van der Waals surface area contributed by atoms with Gasteiger partial charge in [0, 0.05) is 19.0 Å². The number of hydrogen-bond acceptors (Lipinski definition) is 2. The van der Waals surface area contributed by atoms with E-state index in [1.165, 1.54) is 32.1 Å². The summed E-state index contributed by atoms with van der Waals surface area (Å²) in [6.45, 7) is 6.97. The van der Waals surface area contributed by atoms with Crippen molar-refractivity contribution in [1.82, 2.24) is 5.32 Å². The molecule has 3 N–H and O–H groups in total. The first kappa shape index (κ1) is 16.4. The lowest BCUT2D eigenvalue weighted by Gasteiger charge is -2.16. The molecule has 0 heterocycles. The maximum Gasteiger partial charge on any atom is 0.220 e. The number of hydrogen-bond donors (Lipinski definition) is 2. The minimum absolute atomic E-state index is 0.0727. The average molecular weight is 242 g/mol. The second-order valence-corrected chi connectivity index (χ2v) is 5.23. The van der Waals surface area contributed by atoms with E-state index >= 15 is 0 Å². The first-order valence-corrected chi connectivity index (χ1v) is 7.10. The molecule has 0 aliphatic carbocycles.